The first kappa shape index (κ1) is 35.0. The summed E-state index contributed by atoms with van der Waals surface area (Å²) in [5.41, 5.74) is 0. The second-order valence-corrected chi connectivity index (χ2v) is 0.854. The van der Waals surface area contributed by atoms with Crippen molar-refractivity contribution in [3.05, 3.63) is 21.8 Å². The molecule has 8 heavy (non-hydrogen) atoms. The molecule has 0 saturated heterocycles. The fraction of sp³-hybridized carbons (Fsp3) is 0.500. The van der Waals surface area contributed by atoms with Crippen LogP contribution in [0.2, 0.25) is 0 Å². The fourth-order valence-corrected chi connectivity index (χ4v) is 0. The van der Waals surface area contributed by atoms with Crippen LogP contribution >= 0.6 is 0 Å². The van der Waals surface area contributed by atoms with Gasteiger partial charge in [-0.15, -0.1) is 0 Å². The molecule has 0 aromatic rings. The molecule has 0 unspecified atom stereocenters. The van der Waals surface area contributed by atoms with E-state index in [1.54, 1.807) is 0 Å². The average Bonchev–Trinajstić information content (AvgIpc) is 1.37. The van der Waals surface area contributed by atoms with E-state index >= 15 is 0 Å². The Morgan fingerprint density at radius 1 is 1.25 bits per heavy atom. The second kappa shape index (κ2) is 41.3. The van der Waals surface area contributed by atoms with Gasteiger partial charge in [-0.3, -0.25) is 0 Å². The molecular formula is C6H15LiZn. The zero-order valence-electron chi connectivity index (χ0n) is 6.83. The van der Waals surface area contributed by atoms with Gasteiger partial charge in [0.05, 0.1) is 0 Å². The van der Waals surface area contributed by atoms with E-state index in [0.717, 1.165) is 6.42 Å². The molecule has 0 radical (unpaired) electrons. The van der Waals surface area contributed by atoms with Crippen molar-refractivity contribution in [1.82, 2.24) is 0 Å². The minimum Gasteiger partial charge on any atom is -0.358 e. The first-order valence-electron chi connectivity index (χ1n) is 1.71. The number of rotatable bonds is 1. The van der Waals surface area contributed by atoms with Crippen LogP contribution in [0.5, 0.6) is 0 Å². The SMILES string of the molecule is [CH2-]CCC.[CH3-].[CH3-].[Li+].[Zn+2]. The van der Waals surface area contributed by atoms with Crippen LogP contribution in [0.15, 0.2) is 0 Å². The molecule has 0 aromatic carbocycles. The van der Waals surface area contributed by atoms with Gasteiger partial charge in [0.1, 0.15) is 0 Å². The van der Waals surface area contributed by atoms with Crippen molar-refractivity contribution in [3.8, 4) is 0 Å². The van der Waals surface area contributed by atoms with Gasteiger partial charge in [-0.25, -0.2) is 0 Å². The van der Waals surface area contributed by atoms with Gasteiger partial charge in [0.15, 0.2) is 0 Å². The maximum atomic E-state index is 3.60. The van der Waals surface area contributed by atoms with Gasteiger partial charge >= 0.3 is 38.3 Å². The molecule has 0 rings (SSSR count). The smallest absolute Gasteiger partial charge is 0.358 e. The Kier molecular flexibility index (Phi) is 181. The van der Waals surface area contributed by atoms with Gasteiger partial charge in [-0.1, -0.05) is 13.3 Å². The Morgan fingerprint density at radius 2 is 1.38 bits per heavy atom. The quantitative estimate of drug-likeness (QED) is 0.358. The van der Waals surface area contributed by atoms with Gasteiger partial charge < -0.3 is 21.8 Å². The van der Waals surface area contributed by atoms with Gasteiger partial charge in [-0.2, -0.15) is 6.42 Å². The summed E-state index contributed by atoms with van der Waals surface area (Å²) in [5, 5.41) is 0. The third-order valence-electron chi connectivity index (χ3n) is 0.354. The average molecular weight is 160 g/mol. The van der Waals surface area contributed by atoms with E-state index < -0.39 is 0 Å². The van der Waals surface area contributed by atoms with Crippen molar-refractivity contribution >= 4 is 0 Å². The molecule has 42 valence electrons. The van der Waals surface area contributed by atoms with E-state index in [9.17, 15) is 0 Å². The van der Waals surface area contributed by atoms with Crippen LogP contribution in [0.1, 0.15) is 19.8 Å². The van der Waals surface area contributed by atoms with Crippen LogP contribution < -0.4 is 18.9 Å². The molecule has 0 aliphatic carbocycles. The van der Waals surface area contributed by atoms with Crippen molar-refractivity contribution < 1.29 is 38.3 Å². The van der Waals surface area contributed by atoms with Gasteiger partial charge in [-0.05, 0) is 0 Å². The predicted octanol–water partition coefficient (Wildman–Crippen LogP) is -0.477. The maximum Gasteiger partial charge on any atom is 2.00 e. The molecule has 2 heteroatoms. The number of hydrogen-bond donors (Lipinski definition) is 0. The van der Waals surface area contributed by atoms with Crippen LogP contribution in [-0.2, 0) is 19.5 Å². The molecule has 0 aromatic heterocycles. The fourth-order valence-electron chi connectivity index (χ4n) is 0. The Labute approximate surface area is 79.8 Å². The van der Waals surface area contributed by atoms with Crippen molar-refractivity contribution in [2.75, 3.05) is 0 Å². The van der Waals surface area contributed by atoms with Crippen LogP contribution in [0.4, 0.5) is 0 Å². The van der Waals surface area contributed by atoms with Crippen molar-refractivity contribution in [2.24, 2.45) is 0 Å². The molecule has 0 atom stereocenters. The summed E-state index contributed by atoms with van der Waals surface area (Å²) >= 11 is 0. The Morgan fingerprint density at radius 3 is 1.38 bits per heavy atom. The van der Waals surface area contributed by atoms with Crippen LogP contribution in [-0.4, -0.2) is 0 Å². The van der Waals surface area contributed by atoms with E-state index in [0.29, 0.717) is 0 Å². The normalized spacial score (nSPS) is 3.75. The third-order valence-corrected chi connectivity index (χ3v) is 0.354. The Balaban J connectivity index is -0.00000000750. The van der Waals surface area contributed by atoms with Crippen LogP contribution in [0.3, 0.4) is 0 Å². The van der Waals surface area contributed by atoms with E-state index in [1.165, 1.54) is 6.42 Å². The van der Waals surface area contributed by atoms with Gasteiger partial charge in [0.2, 0.25) is 0 Å². The van der Waals surface area contributed by atoms with Crippen molar-refractivity contribution in [1.29, 1.82) is 0 Å². The molecule has 0 saturated carbocycles. The summed E-state index contributed by atoms with van der Waals surface area (Å²) in [7, 11) is 0. The predicted molar refractivity (Wildman–Crippen MR) is 33.1 cm³/mol. The number of hydrogen-bond acceptors (Lipinski definition) is 0. The van der Waals surface area contributed by atoms with Crippen LogP contribution in [0, 0.1) is 21.8 Å². The largest absolute Gasteiger partial charge is 2.00 e. The molecule has 0 aliphatic rings. The number of unbranched alkanes of at least 4 members (excludes halogenated alkanes) is 1. The molecular weight excluding hydrogens is 144 g/mol. The topological polar surface area (TPSA) is 0 Å². The van der Waals surface area contributed by atoms with Gasteiger partial charge in [0.25, 0.3) is 0 Å². The first-order valence-corrected chi connectivity index (χ1v) is 1.71. The Bertz CT molecular complexity index is 10.5. The molecule has 0 heterocycles. The maximum absolute atomic E-state index is 3.60. The summed E-state index contributed by atoms with van der Waals surface area (Å²) in [4.78, 5) is 0. The standard InChI is InChI=1S/C4H9.2CH3.Li.Zn/c1-3-4-2;;;;/h1,3-4H2,2H3;2*1H3;;/q3*-1;+1;+2. The van der Waals surface area contributed by atoms with Crippen LogP contribution in [0.25, 0.3) is 0 Å². The summed E-state index contributed by atoms with van der Waals surface area (Å²) < 4.78 is 0. The molecule has 0 N–H and O–H groups in total. The third kappa shape index (κ3) is 56.7. The summed E-state index contributed by atoms with van der Waals surface area (Å²) in [6.45, 7) is 5.72. The molecule has 0 fully saturated rings. The monoisotopic (exact) mass is 158 g/mol. The summed E-state index contributed by atoms with van der Waals surface area (Å²) in [6.07, 6.45) is 2.28. The molecule has 0 spiro atoms. The second-order valence-electron chi connectivity index (χ2n) is 0.854. The van der Waals surface area contributed by atoms with Crippen molar-refractivity contribution in [2.45, 2.75) is 19.8 Å². The van der Waals surface area contributed by atoms with Crippen molar-refractivity contribution in [3.63, 3.8) is 0 Å². The van der Waals surface area contributed by atoms with Gasteiger partial charge in [0, 0.05) is 0 Å². The summed E-state index contributed by atoms with van der Waals surface area (Å²) in [6, 6.07) is 0. The minimum atomic E-state index is 0. The molecule has 0 aliphatic heterocycles. The van der Waals surface area contributed by atoms with E-state index in [-0.39, 0.29) is 53.2 Å². The zero-order chi connectivity index (χ0) is 3.41. The molecule has 0 amide bonds. The Hall–Kier alpha value is 1.22. The summed E-state index contributed by atoms with van der Waals surface area (Å²) in [5.74, 6) is 0. The van der Waals surface area contributed by atoms with E-state index in [1.807, 2.05) is 0 Å². The minimum absolute atomic E-state index is 0. The first-order chi connectivity index (χ1) is 1.91. The molecule has 0 nitrogen and oxygen atoms in total. The van der Waals surface area contributed by atoms with E-state index in [2.05, 4.69) is 13.8 Å². The zero-order valence-corrected chi connectivity index (χ0v) is 9.80. The van der Waals surface area contributed by atoms with E-state index in [4.69, 9.17) is 0 Å². The molecule has 0 bridgehead atoms.